The Morgan fingerprint density at radius 3 is 2.79 bits per heavy atom. The SMILES string of the molecule is CCOC1=CC2=C(C(=O)C(Cl)=CC2=O)C2CNCC12. The van der Waals surface area contributed by atoms with Crippen LogP contribution in [0.4, 0.5) is 0 Å². The van der Waals surface area contributed by atoms with Crippen LogP contribution in [0.25, 0.3) is 0 Å². The van der Waals surface area contributed by atoms with Gasteiger partial charge in [0.2, 0.25) is 5.78 Å². The molecule has 0 bridgehead atoms. The predicted molar refractivity (Wildman–Crippen MR) is 70.5 cm³/mol. The van der Waals surface area contributed by atoms with E-state index in [1.165, 1.54) is 6.08 Å². The van der Waals surface area contributed by atoms with Crippen molar-refractivity contribution in [3.63, 3.8) is 0 Å². The van der Waals surface area contributed by atoms with Crippen LogP contribution in [0, 0.1) is 11.8 Å². The van der Waals surface area contributed by atoms with Gasteiger partial charge in [-0.05, 0) is 13.0 Å². The van der Waals surface area contributed by atoms with Crippen LogP contribution in [0.15, 0.2) is 34.1 Å². The fraction of sp³-hybridized carbons (Fsp3) is 0.429. The molecule has 1 fully saturated rings. The highest BCUT2D eigenvalue weighted by atomic mass is 35.5. The summed E-state index contributed by atoms with van der Waals surface area (Å²) in [4.78, 5) is 24.2. The first kappa shape index (κ1) is 12.6. The van der Waals surface area contributed by atoms with Gasteiger partial charge in [-0.2, -0.15) is 0 Å². The number of hydrogen-bond acceptors (Lipinski definition) is 4. The van der Waals surface area contributed by atoms with Crippen molar-refractivity contribution in [2.45, 2.75) is 6.92 Å². The summed E-state index contributed by atoms with van der Waals surface area (Å²) in [6.45, 7) is 3.90. The first-order valence-electron chi connectivity index (χ1n) is 6.39. The maximum absolute atomic E-state index is 12.2. The molecule has 1 N–H and O–H groups in total. The molecule has 0 aromatic heterocycles. The molecule has 0 spiro atoms. The third-order valence-electron chi connectivity index (χ3n) is 3.82. The zero-order chi connectivity index (χ0) is 13.6. The van der Waals surface area contributed by atoms with E-state index < -0.39 is 0 Å². The molecule has 2 unspecified atom stereocenters. The lowest BCUT2D eigenvalue weighted by Gasteiger charge is -2.30. The summed E-state index contributed by atoms with van der Waals surface area (Å²) in [5, 5.41) is 3.27. The first-order valence-corrected chi connectivity index (χ1v) is 6.76. The molecule has 0 aromatic carbocycles. The van der Waals surface area contributed by atoms with Gasteiger partial charge >= 0.3 is 0 Å². The minimum absolute atomic E-state index is 0.0135. The number of carbonyl (C=O) groups excluding carboxylic acids is 2. The van der Waals surface area contributed by atoms with Crippen molar-refractivity contribution >= 4 is 23.2 Å². The molecule has 4 nitrogen and oxygen atoms in total. The van der Waals surface area contributed by atoms with Crippen LogP contribution in [-0.4, -0.2) is 31.3 Å². The molecule has 1 saturated heterocycles. The number of ether oxygens (including phenoxy) is 1. The predicted octanol–water partition coefficient (Wildman–Crippen LogP) is 1.33. The van der Waals surface area contributed by atoms with Crippen LogP contribution in [0.5, 0.6) is 0 Å². The molecular weight excluding hydrogens is 266 g/mol. The monoisotopic (exact) mass is 279 g/mol. The maximum Gasteiger partial charge on any atom is 0.201 e. The number of carbonyl (C=O) groups is 2. The van der Waals surface area contributed by atoms with Gasteiger partial charge in [0.05, 0.1) is 11.6 Å². The third kappa shape index (κ3) is 1.86. The number of rotatable bonds is 2. The summed E-state index contributed by atoms with van der Waals surface area (Å²) in [6, 6.07) is 0. The average Bonchev–Trinajstić information content (AvgIpc) is 2.85. The third-order valence-corrected chi connectivity index (χ3v) is 4.10. The van der Waals surface area contributed by atoms with E-state index >= 15 is 0 Å². The van der Waals surface area contributed by atoms with Crippen molar-refractivity contribution in [3.05, 3.63) is 34.1 Å². The molecule has 0 aromatic rings. The Kier molecular flexibility index (Phi) is 3.07. The Morgan fingerprint density at radius 2 is 2.05 bits per heavy atom. The lowest BCUT2D eigenvalue weighted by Crippen LogP contribution is -2.31. The minimum atomic E-state index is -0.221. The second-order valence-electron chi connectivity index (χ2n) is 4.86. The van der Waals surface area contributed by atoms with Crippen molar-refractivity contribution in [2.24, 2.45) is 11.8 Å². The lowest BCUT2D eigenvalue weighted by molar-refractivity contribution is -0.115. The van der Waals surface area contributed by atoms with Crippen LogP contribution in [-0.2, 0) is 14.3 Å². The molecule has 0 saturated carbocycles. The Hall–Kier alpha value is -1.39. The van der Waals surface area contributed by atoms with Gasteiger partial charge in [0.1, 0.15) is 5.76 Å². The Labute approximate surface area is 116 Å². The summed E-state index contributed by atoms with van der Waals surface area (Å²) in [5.74, 6) is 0.478. The van der Waals surface area contributed by atoms with Gasteiger partial charge in [-0.1, -0.05) is 11.6 Å². The number of halogens is 1. The molecule has 2 aliphatic carbocycles. The van der Waals surface area contributed by atoms with Crippen molar-refractivity contribution in [1.29, 1.82) is 0 Å². The highest BCUT2D eigenvalue weighted by molar-refractivity contribution is 6.48. The number of fused-ring (bicyclic) bond motifs is 2. The van der Waals surface area contributed by atoms with Crippen LogP contribution in [0.2, 0.25) is 0 Å². The van der Waals surface area contributed by atoms with Crippen LogP contribution < -0.4 is 5.32 Å². The normalized spacial score (nSPS) is 29.8. The van der Waals surface area contributed by atoms with Crippen LogP contribution >= 0.6 is 11.6 Å². The topological polar surface area (TPSA) is 55.4 Å². The zero-order valence-corrected chi connectivity index (χ0v) is 11.3. The quantitative estimate of drug-likeness (QED) is 0.775. The molecule has 0 amide bonds. The maximum atomic E-state index is 12.2. The standard InChI is InChI=1S/C14H14ClNO3/c1-2-19-12-3-7-11(17)4-10(15)14(18)13(7)9-6-16-5-8(9)12/h3-4,8-9,16H,2,5-6H2,1H3. The molecule has 3 aliphatic rings. The number of allylic oxidation sites excluding steroid dienone is 4. The van der Waals surface area contributed by atoms with E-state index in [2.05, 4.69) is 5.32 Å². The molecule has 1 heterocycles. The van der Waals surface area contributed by atoms with Gasteiger partial charge in [-0.3, -0.25) is 9.59 Å². The Morgan fingerprint density at radius 1 is 1.32 bits per heavy atom. The van der Waals surface area contributed by atoms with Gasteiger partial charge in [-0.25, -0.2) is 0 Å². The summed E-state index contributed by atoms with van der Waals surface area (Å²) < 4.78 is 5.63. The van der Waals surface area contributed by atoms with Gasteiger partial charge in [0.25, 0.3) is 0 Å². The van der Waals surface area contributed by atoms with E-state index in [0.29, 0.717) is 24.3 Å². The smallest absolute Gasteiger partial charge is 0.201 e. The Bertz CT molecular complexity index is 559. The molecule has 2 atom stereocenters. The van der Waals surface area contributed by atoms with E-state index in [4.69, 9.17) is 16.3 Å². The first-order chi connectivity index (χ1) is 9.13. The molecular formula is C14H14ClNO3. The second-order valence-corrected chi connectivity index (χ2v) is 5.27. The number of ketones is 2. The molecule has 0 radical (unpaired) electrons. The van der Waals surface area contributed by atoms with Gasteiger partial charge in [-0.15, -0.1) is 0 Å². The minimum Gasteiger partial charge on any atom is -0.498 e. The highest BCUT2D eigenvalue weighted by Crippen LogP contribution is 2.41. The van der Waals surface area contributed by atoms with Crippen LogP contribution in [0.3, 0.4) is 0 Å². The van der Waals surface area contributed by atoms with E-state index in [-0.39, 0.29) is 28.4 Å². The van der Waals surface area contributed by atoms with E-state index in [1.54, 1.807) is 6.08 Å². The van der Waals surface area contributed by atoms with Crippen molar-refractivity contribution in [3.8, 4) is 0 Å². The number of nitrogens with one attached hydrogen (secondary N) is 1. The molecule has 3 rings (SSSR count). The zero-order valence-electron chi connectivity index (χ0n) is 10.5. The lowest BCUT2D eigenvalue weighted by atomic mass is 9.75. The van der Waals surface area contributed by atoms with Gasteiger partial charge < -0.3 is 10.1 Å². The highest BCUT2D eigenvalue weighted by Gasteiger charge is 2.43. The summed E-state index contributed by atoms with van der Waals surface area (Å²) in [7, 11) is 0. The van der Waals surface area contributed by atoms with Crippen molar-refractivity contribution < 1.29 is 14.3 Å². The fourth-order valence-electron chi connectivity index (χ4n) is 3.00. The van der Waals surface area contributed by atoms with E-state index in [1.807, 2.05) is 6.92 Å². The Balaban J connectivity index is 2.10. The molecule has 5 heteroatoms. The van der Waals surface area contributed by atoms with Crippen molar-refractivity contribution in [2.75, 3.05) is 19.7 Å². The average molecular weight is 280 g/mol. The number of Topliss-reactive ketones (excluding diaryl/α,β-unsaturated/α-hetero) is 1. The van der Waals surface area contributed by atoms with Crippen molar-refractivity contribution in [1.82, 2.24) is 5.32 Å². The summed E-state index contributed by atoms with van der Waals surface area (Å²) >= 11 is 5.85. The van der Waals surface area contributed by atoms with Crippen LogP contribution in [0.1, 0.15) is 6.92 Å². The number of hydrogen-bond donors (Lipinski definition) is 1. The summed E-state index contributed by atoms with van der Waals surface area (Å²) in [6.07, 6.45) is 2.92. The molecule has 1 aliphatic heterocycles. The van der Waals surface area contributed by atoms with E-state index in [0.717, 1.165) is 12.3 Å². The molecule has 100 valence electrons. The second kappa shape index (κ2) is 4.62. The van der Waals surface area contributed by atoms with E-state index in [9.17, 15) is 9.59 Å². The largest absolute Gasteiger partial charge is 0.498 e. The van der Waals surface area contributed by atoms with Gasteiger partial charge in [0.15, 0.2) is 5.78 Å². The molecule has 19 heavy (non-hydrogen) atoms. The fourth-order valence-corrected chi connectivity index (χ4v) is 3.21. The van der Waals surface area contributed by atoms with Gasteiger partial charge in [0, 0.05) is 42.1 Å². The summed E-state index contributed by atoms with van der Waals surface area (Å²) in [5.41, 5.74) is 0.999.